The number of anilines is 3. The normalized spacial score (nSPS) is 11.2. The summed E-state index contributed by atoms with van der Waals surface area (Å²) in [4.78, 5) is 2.34. The van der Waals surface area contributed by atoms with Gasteiger partial charge in [0.15, 0.2) is 0 Å². The van der Waals surface area contributed by atoms with Crippen LogP contribution in [0.4, 0.5) is 17.1 Å². The number of benzene rings is 5. The zero-order valence-electron chi connectivity index (χ0n) is 17.8. The van der Waals surface area contributed by atoms with Crippen molar-refractivity contribution in [3.05, 3.63) is 126 Å². The maximum Gasteiger partial charge on any atom is 0.0468 e. The molecule has 6 rings (SSSR count). The number of thiophene rings is 1. The van der Waals surface area contributed by atoms with Crippen molar-refractivity contribution in [1.82, 2.24) is 0 Å². The largest absolute Gasteiger partial charge is 0.310 e. The molecule has 0 saturated heterocycles. The van der Waals surface area contributed by atoms with Gasteiger partial charge in [0.2, 0.25) is 0 Å². The smallest absolute Gasteiger partial charge is 0.0468 e. The fourth-order valence-corrected chi connectivity index (χ4v) is 5.78. The van der Waals surface area contributed by atoms with Gasteiger partial charge < -0.3 is 4.90 Å². The first-order chi connectivity index (χ1) is 16.3. The second kappa shape index (κ2) is 8.51. The molecule has 0 atom stereocenters. The molecule has 1 aromatic heterocycles. The third kappa shape index (κ3) is 3.84. The van der Waals surface area contributed by atoms with Gasteiger partial charge in [0, 0.05) is 41.7 Å². The van der Waals surface area contributed by atoms with Crippen LogP contribution in [0.15, 0.2) is 126 Å². The van der Waals surface area contributed by atoms with E-state index in [2.05, 4.69) is 142 Å². The van der Waals surface area contributed by atoms with Crippen LogP contribution in [0.2, 0.25) is 0 Å². The van der Waals surface area contributed by atoms with E-state index in [9.17, 15) is 0 Å². The molecule has 0 bridgehead atoms. The molecule has 158 valence electrons. The first-order valence-corrected chi connectivity index (χ1v) is 12.5. The summed E-state index contributed by atoms with van der Waals surface area (Å²) in [7, 11) is 0. The third-order valence-corrected chi connectivity index (χ3v) is 7.54. The van der Waals surface area contributed by atoms with Gasteiger partial charge in [0.05, 0.1) is 0 Å². The number of hydrogen-bond acceptors (Lipinski definition) is 2. The molecule has 0 aliphatic rings. The van der Waals surface area contributed by atoms with Crippen molar-refractivity contribution in [3.63, 3.8) is 0 Å². The van der Waals surface area contributed by atoms with E-state index in [4.69, 9.17) is 0 Å². The Kier molecular flexibility index (Phi) is 5.21. The SMILES string of the molecule is Brc1ccc2sc3ccc(N(c4ccccc4)c4cccc(-c5ccccc5)c4)cc3c2c1. The number of nitrogens with zero attached hydrogens (tertiary/aromatic N) is 1. The minimum Gasteiger partial charge on any atom is -0.310 e. The van der Waals surface area contributed by atoms with Gasteiger partial charge in [0.1, 0.15) is 0 Å². The van der Waals surface area contributed by atoms with Crippen molar-refractivity contribution in [2.45, 2.75) is 0 Å². The van der Waals surface area contributed by atoms with E-state index in [1.807, 2.05) is 11.3 Å². The lowest BCUT2D eigenvalue weighted by atomic mass is 10.0. The second-order valence-electron chi connectivity index (χ2n) is 8.01. The van der Waals surface area contributed by atoms with Crippen molar-refractivity contribution in [3.8, 4) is 11.1 Å². The van der Waals surface area contributed by atoms with Gasteiger partial charge in [-0.15, -0.1) is 11.3 Å². The molecule has 6 aromatic rings. The Morgan fingerprint density at radius 2 is 1.09 bits per heavy atom. The second-order valence-corrected chi connectivity index (χ2v) is 10.0. The third-order valence-electron chi connectivity index (χ3n) is 5.90. The van der Waals surface area contributed by atoms with Gasteiger partial charge in [-0.25, -0.2) is 0 Å². The Labute approximate surface area is 205 Å². The average molecular weight is 506 g/mol. The van der Waals surface area contributed by atoms with Gasteiger partial charge >= 0.3 is 0 Å². The molecule has 0 aliphatic heterocycles. The number of halogens is 1. The molecular formula is C30H20BrNS. The van der Waals surface area contributed by atoms with Crippen LogP contribution >= 0.6 is 27.3 Å². The van der Waals surface area contributed by atoms with Gasteiger partial charge in [-0.2, -0.15) is 0 Å². The first kappa shape index (κ1) is 20.2. The number of hydrogen-bond donors (Lipinski definition) is 0. The topological polar surface area (TPSA) is 3.24 Å². The van der Waals surface area contributed by atoms with Crippen LogP contribution in [-0.2, 0) is 0 Å². The monoisotopic (exact) mass is 505 g/mol. The Morgan fingerprint density at radius 3 is 1.88 bits per heavy atom. The number of para-hydroxylation sites is 1. The highest BCUT2D eigenvalue weighted by Crippen LogP contribution is 2.41. The van der Waals surface area contributed by atoms with E-state index >= 15 is 0 Å². The number of fused-ring (bicyclic) bond motifs is 3. The summed E-state index contributed by atoms with van der Waals surface area (Å²) in [6.07, 6.45) is 0. The first-order valence-electron chi connectivity index (χ1n) is 10.9. The predicted octanol–water partition coefficient (Wildman–Crippen LogP) is 9.95. The standard InChI is InChI=1S/C30H20BrNS/c31-23-14-16-29-27(19-23)28-20-26(15-17-30(28)33-29)32(24-11-5-2-6-12-24)25-13-7-10-22(18-25)21-8-3-1-4-9-21/h1-20H. The summed E-state index contributed by atoms with van der Waals surface area (Å²) in [5, 5.41) is 2.58. The molecule has 3 heteroatoms. The van der Waals surface area contributed by atoms with Crippen molar-refractivity contribution in [1.29, 1.82) is 0 Å². The van der Waals surface area contributed by atoms with Gasteiger partial charge in [-0.3, -0.25) is 0 Å². The van der Waals surface area contributed by atoms with E-state index in [1.54, 1.807) is 0 Å². The van der Waals surface area contributed by atoms with Crippen LogP contribution in [0.3, 0.4) is 0 Å². The van der Waals surface area contributed by atoms with Crippen molar-refractivity contribution >= 4 is 64.5 Å². The molecule has 0 spiro atoms. The summed E-state index contributed by atoms with van der Waals surface area (Å²) in [5.74, 6) is 0. The van der Waals surface area contributed by atoms with E-state index in [-0.39, 0.29) is 0 Å². The highest BCUT2D eigenvalue weighted by Gasteiger charge is 2.15. The Hall–Kier alpha value is -3.40. The van der Waals surface area contributed by atoms with Crippen LogP contribution in [0, 0.1) is 0 Å². The molecule has 1 heterocycles. The lowest BCUT2D eigenvalue weighted by molar-refractivity contribution is 1.29. The summed E-state index contributed by atoms with van der Waals surface area (Å²) < 4.78 is 3.72. The zero-order chi connectivity index (χ0) is 22.2. The lowest BCUT2D eigenvalue weighted by Crippen LogP contribution is -2.09. The lowest BCUT2D eigenvalue weighted by Gasteiger charge is -2.26. The van der Waals surface area contributed by atoms with Crippen LogP contribution in [0.1, 0.15) is 0 Å². The Bertz CT molecular complexity index is 1570. The van der Waals surface area contributed by atoms with Crippen LogP contribution in [0.5, 0.6) is 0 Å². The molecule has 0 fully saturated rings. The summed E-state index contributed by atoms with van der Waals surface area (Å²) >= 11 is 5.49. The van der Waals surface area contributed by atoms with Gasteiger partial charge in [0.25, 0.3) is 0 Å². The summed E-state index contributed by atoms with van der Waals surface area (Å²) in [6, 6.07) is 43.3. The predicted molar refractivity (Wildman–Crippen MR) is 147 cm³/mol. The zero-order valence-corrected chi connectivity index (χ0v) is 20.2. The maximum atomic E-state index is 3.65. The van der Waals surface area contributed by atoms with Gasteiger partial charge in [-0.05, 0) is 71.8 Å². The molecule has 0 saturated carbocycles. The molecule has 0 radical (unpaired) electrons. The molecule has 0 amide bonds. The minimum absolute atomic E-state index is 1.11. The molecule has 0 aliphatic carbocycles. The maximum absolute atomic E-state index is 3.65. The fraction of sp³-hybridized carbons (Fsp3) is 0. The van der Waals surface area contributed by atoms with Crippen molar-refractivity contribution < 1.29 is 0 Å². The average Bonchev–Trinajstić information content (AvgIpc) is 3.23. The van der Waals surface area contributed by atoms with Crippen molar-refractivity contribution in [2.75, 3.05) is 4.90 Å². The highest BCUT2D eigenvalue weighted by atomic mass is 79.9. The number of rotatable bonds is 4. The Morgan fingerprint density at radius 1 is 0.485 bits per heavy atom. The van der Waals surface area contributed by atoms with E-state index in [0.29, 0.717) is 0 Å². The van der Waals surface area contributed by atoms with Crippen LogP contribution in [0.25, 0.3) is 31.3 Å². The molecule has 0 unspecified atom stereocenters. The summed E-state index contributed by atoms with van der Waals surface area (Å²) in [5.41, 5.74) is 5.86. The molecule has 1 nitrogen and oxygen atoms in total. The molecular weight excluding hydrogens is 486 g/mol. The van der Waals surface area contributed by atoms with Crippen LogP contribution in [-0.4, -0.2) is 0 Å². The molecule has 33 heavy (non-hydrogen) atoms. The van der Waals surface area contributed by atoms with Gasteiger partial charge in [-0.1, -0.05) is 76.6 Å². The van der Waals surface area contributed by atoms with Crippen LogP contribution < -0.4 is 4.90 Å². The van der Waals surface area contributed by atoms with E-state index < -0.39 is 0 Å². The minimum atomic E-state index is 1.11. The van der Waals surface area contributed by atoms with Crippen molar-refractivity contribution in [2.24, 2.45) is 0 Å². The summed E-state index contributed by atoms with van der Waals surface area (Å²) in [6.45, 7) is 0. The van der Waals surface area contributed by atoms with E-state index in [1.165, 1.54) is 31.3 Å². The molecule has 5 aromatic carbocycles. The molecule has 0 N–H and O–H groups in total. The van der Waals surface area contributed by atoms with E-state index in [0.717, 1.165) is 21.5 Å². The highest BCUT2D eigenvalue weighted by molar-refractivity contribution is 9.10. The fourth-order valence-electron chi connectivity index (χ4n) is 4.36. The quantitative estimate of drug-likeness (QED) is 0.230. The Balaban J connectivity index is 1.55.